The Bertz CT molecular complexity index is 130. The summed E-state index contributed by atoms with van der Waals surface area (Å²) in [6.45, 7) is 3.50. The van der Waals surface area contributed by atoms with Crippen molar-refractivity contribution in [2.24, 2.45) is 5.41 Å². The topological polar surface area (TPSA) is 17.1 Å². The Morgan fingerprint density at radius 2 is 2.00 bits per heavy atom. The molecule has 8 heavy (non-hydrogen) atoms. The highest BCUT2D eigenvalue weighted by molar-refractivity contribution is 5.69. The summed E-state index contributed by atoms with van der Waals surface area (Å²) in [7, 11) is 0. The van der Waals surface area contributed by atoms with Crippen LogP contribution in [-0.4, -0.2) is 12.0 Å². The summed E-state index contributed by atoms with van der Waals surface area (Å²) in [5, 5.41) is 0. The van der Waals surface area contributed by atoms with Crippen LogP contribution >= 0.6 is 0 Å². The number of hydrogen-bond donors (Lipinski definition) is 0. The maximum atomic E-state index is 12.6. The van der Waals surface area contributed by atoms with Gasteiger partial charge in [0.15, 0.2) is 12.0 Å². The van der Waals surface area contributed by atoms with E-state index in [2.05, 4.69) is 0 Å². The largest absolute Gasteiger partial charge is 0.300 e. The number of halogens is 1. The fourth-order valence-electron chi connectivity index (χ4n) is 0.800. The summed E-state index contributed by atoms with van der Waals surface area (Å²) >= 11 is 0. The molecule has 0 spiro atoms. The summed E-state index contributed by atoms with van der Waals surface area (Å²) in [6.07, 6.45) is 0.802. The van der Waals surface area contributed by atoms with Crippen molar-refractivity contribution < 1.29 is 9.18 Å². The van der Waals surface area contributed by atoms with Crippen molar-refractivity contribution in [1.82, 2.24) is 0 Å². The van der Waals surface area contributed by atoms with Gasteiger partial charge in [-0.2, -0.15) is 0 Å². The molecule has 0 N–H and O–H groups in total. The fourth-order valence-corrected chi connectivity index (χ4v) is 0.800. The maximum absolute atomic E-state index is 12.6. The molecule has 1 rings (SSSR count). The van der Waals surface area contributed by atoms with E-state index in [4.69, 9.17) is 0 Å². The van der Waals surface area contributed by atoms with E-state index in [1.165, 1.54) is 0 Å². The number of hydrogen-bond acceptors (Lipinski definition) is 1. The van der Waals surface area contributed by atoms with Crippen LogP contribution in [0.2, 0.25) is 0 Å². The lowest BCUT2D eigenvalue weighted by molar-refractivity contribution is -0.114. The van der Waals surface area contributed by atoms with Crippen molar-refractivity contribution >= 4 is 6.29 Å². The summed E-state index contributed by atoms with van der Waals surface area (Å²) in [4.78, 5) is 9.93. The van der Waals surface area contributed by atoms with Crippen molar-refractivity contribution in [3.05, 3.63) is 0 Å². The Labute approximate surface area is 47.9 Å². The summed E-state index contributed by atoms with van der Waals surface area (Å²) in [5.74, 6) is 0. The first kappa shape index (κ1) is 5.73. The van der Waals surface area contributed by atoms with Crippen LogP contribution in [0.25, 0.3) is 0 Å². The molecule has 0 aliphatic heterocycles. The average Bonchev–Trinajstić information content (AvgIpc) is 2.10. The molecule has 1 aliphatic carbocycles. The molecule has 1 fully saturated rings. The molecule has 0 aromatic rings. The van der Waals surface area contributed by atoms with Crippen LogP contribution in [0, 0.1) is 5.41 Å². The van der Waals surface area contributed by atoms with Crippen LogP contribution in [0.3, 0.4) is 0 Å². The van der Waals surface area contributed by atoms with Crippen LogP contribution in [-0.2, 0) is 4.79 Å². The minimum atomic E-state index is -1.49. The van der Waals surface area contributed by atoms with E-state index in [9.17, 15) is 9.18 Å². The standard InChI is InChI=1S/C6H9FO/c1-5(2)3-6(5,7)4-8/h4H,3H2,1-2H3. The van der Waals surface area contributed by atoms with Crippen molar-refractivity contribution in [1.29, 1.82) is 0 Å². The number of alkyl halides is 1. The Hall–Kier alpha value is -0.400. The molecule has 1 atom stereocenters. The second kappa shape index (κ2) is 1.12. The zero-order valence-corrected chi connectivity index (χ0v) is 5.07. The van der Waals surface area contributed by atoms with Crippen LogP contribution < -0.4 is 0 Å². The van der Waals surface area contributed by atoms with Gasteiger partial charge in [-0.3, -0.25) is 4.79 Å². The zero-order chi connectivity index (χ0) is 6.41. The van der Waals surface area contributed by atoms with E-state index in [-0.39, 0.29) is 5.41 Å². The van der Waals surface area contributed by atoms with E-state index in [0.29, 0.717) is 12.7 Å². The molecule has 1 nitrogen and oxygen atoms in total. The van der Waals surface area contributed by atoms with Gasteiger partial charge in [-0.25, -0.2) is 4.39 Å². The van der Waals surface area contributed by atoms with E-state index >= 15 is 0 Å². The molecular formula is C6H9FO. The molecule has 0 saturated heterocycles. The first-order valence-corrected chi connectivity index (χ1v) is 2.67. The van der Waals surface area contributed by atoms with E-state index in [1.807, 2.05) is 0 Å². The SMILES string of the molecule is CC1(C)CC1(F)C=O. The molecule has 2 heteroatoms. The van der Waals surface area contributed by atoms with E-state index in [0.717, 1.165) is 0 Å². The molecule has 1 aliphatic rings. The van der Waals surface area contributed by atoms with Crippen molar-refractivity contribution in [3.8, 4) is 0 Å². The van der Waals surface area contributed by atoms with Gasteiger partial charge in [-0.15, -0.1) is 0 Å². The summed E-state index contributed by atoms with van der Waals surface area (Å²) in [6, 6.07) is 0. The lowest BCUT2D eigenvalue weighted by Gasteiger charge is -1.99. The Morgan fingerprint density at radius 1 is 1.62 bits per heavy atom. The monoisotopic (exact) mass is 116 g/mol. The highest BCUT2D eigenvalue weighted by Crippen LogP contribution is 2.57. The van der Waals surface area contributed by atoms with Crippen LogP contribution in [0.15, 0.2) is 0 Å². The van der Waals surface area contributed by atoms with Gasteiger partial charge in [0.2, 0.25) is 0 Å². The van der Waals surface area contributed by atoms with Crippen LogP contribution in [0.1, 0.15) is 20.3 Å². The third-order valence-corrected chi connectivity index (χ3v) is 1.89. The Morgan fingerprint density at radius 3 is 2.00 bits per heavy atom. The quantitative estimate of drug-likeness (QED) is 0.472. The molecule has 0 aromatic carbocycles. The third kappa shape index (κ3) is 0.487. The van der Waals surface area contributed by atoms with Crippen LogP contribution in [0.4, 0.5) is 4.39 Å². The predicted octanol–water partition coefficient (Wildman–Crippen LogP) is 1.32. The number of carbonyl (C=O) groups is 1. The smallest absolute Gasteiger partial charge is 0.171 e. The van der Waals surface area contributed by atoms with Gasteiger partial charge in [0.25, 0.3) is 0 Å². The lowest BCUT2D eigenvalue weighted by atomic mass is 10.1. The molecule has 0 amide bonds. The Kier molecular flexibility index (Phi) is 0.802. The highest BCUT2D eigenvalue weighted by atomic mass is 19.1. The average molecular weight is 116 g/mol. The first-order chi connectivity index (χ1) is 3.52. The van der Waals surface area contributed by atoms with Crippen molar-refractivity contribution in [3.63, 3.8) is 0 Å². The molecule has 0 aromatic heterocycles. The first-order valence-electron chi connectivity index (χ1n) is 2.67. The normalized spacial score (nSPS) is 41.4. The van der Waals surface area contributed by atoms with Gasteiger partial charge < -0.3 is 0 Å². The minimum absolute atomic E-state index is 0.380. The van der Waals surface area contributed by atoms with Gasteiger partial charge in [-0.1, -0.05) is 13.8 Å². The van der Waals surface area contributed by atoms with Crippen molar-refractivity contribution in [2.45, 2.75) is 25.9 Å². The van der Waals surface area contributed by atoms with E-state index < -0.39 is 5.67 Å². The zero-order valence-electron chi connectivity index (χ0n) is 5.07. The number of carbonyl (C=O) groups excluding carboxylic acids is 1. The van der Waals surface area contributed by atoms with Gasteiger partial charge in [0.1, 0.15) is 0 Å². The second-order valence-corrected chi connectivity index (χ2v) is 3.04. The summed E-state index contributed by atoms with van der Waals surface area (Å²) < 4.78 is 12.6. The third-order valence-electron chi connectivity index (χ3n) is 1.89. The fraction of sp³-hybridized carbons (Fsp3) is 0.833. The molecule has 0 bridgehead atoms. The molecule has 0 heterocycles. The predicted molar refractivity (Wildman–Crippen MR) is 28.3 cm³/mol. The molecule has 1 saturated carbocycles. The molecule has 1 unspecified atom stereocenters. The van der Waals surface area contributed by atoms with E-state index in [1.54, 1.807) is 13.8 Å². The molecule has 0 radical (unpaired) electrons. The number of rotatable bonds is 1. The lowest BCUT2D eigenvalue weighted by Crippen LogP contribution is -2.09. The Balaban J connectivity index is 2.68. The van der Waals surface area contributed by atoms with Gasteiger partial charge in [0, 0.05) is 5.41 Å². The highest BCUT2D eigenvalue weighted by Gasteiger charge is 2.62. The number of aldehydes is 1. The minimum Gasteiger partial charge on any atom is -0.300 e. The molecule has 46 valence electrons. The second-order valence-electron chi connectivity index (χ2n) is 3.04. The molecular weight excluding hydrogens is 107 g/mol. The van der Waals surface area contributed by atoms with Gasteiger partial charge in [0.05, 0.1) is 0 Å². The maximum Gasteiger partial charge on any atom is 0.171 e. The summed E-state index contributed by atoms with van der Waals surface area (Å²) in [5.41, 5.74) is -1.87. The van der Waals surface area contributed by atoms with Crippen LogP contribution in [0.5, 0.6) is 0 Å². The van der Waals surface area contributed by atoms with Crippen molar-refractivity contribution in [2.75, 3.05) is 0 Å². The van der Waals surface area contributed by atoms with Gasteiger partial charge >= 0.3 is 0 Å². The van der Waals surface area contributed by atoms with Gasteiger partial charge in [-0.05, 0) is 6.42 Å².